The molecular weight excluding hydrogens is 394 g/mol. The summed E-state index contributed by atoms with van der Waals surface area (Å²) in [5, 5.41) is 0. The van der Waals surface area contributed by atoms with E-state index < -0.39 is 45.1 Å². The predicted octanol–water partition coefficient (Wildman–Crippen LogP) is 5.84. The number of benzene rings is 2. The molecule has 0 spiro atoms. The maximum absolute atomic E-state index is 14.1. The molecule has 0 aliphatic rings. The van der Waals surface area contributed by atoms with Crippen LogP contribution >= 0.6 is 11.8 Å². The molecule has 0 fully saturated rings. The summed E-state index contributed by atoms with van der Waals surface area (Å²) in [4.78, 5) is -6.62. The van der Waals surface area contributed by atoms with Crippen molar-refractivity contribution in [2.75, 3.05) is 14.2 Å². The number of thioether (sulfide) groups is 1. The van der Waals surface area contributed by atoms with Crippen molar-refractivity contribution in [3.05, 3.63) is 71.8 Å². The smallest absolute Gasteiger partial charge is 0.355 e. The maximum Gasteiger partial charge on any atom is 0.431 e. The second-order valence-electron chi connectivity index (χ2n) is 5.47. The van der Waals surface area contributed by atoms with Crippen molar-refractivity contribution >= 4 is 11.8 Å². The Kier molecular flexibility index (Phi) is 6.18. The van der Waals surface area contributed by atoms with E-state index in [1.807, 2.05) is 0 Å². The fraction of sp³-hybridized carbons (Fsp3) is 0.333. The van der Waals surface area contributed by atoms with Crippen molar-refractivity contribution in [3.63, 3.8) is 0 Å². The van der Waals surface area contributed by atoms with Crippen LogP contribution in [0.3, 0.4) is 0 Å². The van der Waals surface area contributed by atoms with Crippen LogP contribution in [0.1, 0.15) is 11.1 Å². The molecule has 0 radical (unpaired) electrons. The molecule has 0 bridgehead atoms. The normalized spacial score (nSPS) is 17.2. The third-order valence-corrected chi connectivity index (χ3v) is 5.76. The molecule has 0 saturated carbocycles. The molecule has 148 valence electrons. The van der Waals surface area contributed by atoms with E-state index >= 15 is 0 Å². The van der Waals surface area contributed by atoms with Crippen LogP contribution in [0.5, 0.6) is 0 Å². The molecule has 2 nitrogen and oxygen atoms in total. The molecule has 2 aromatic carbocycles. The van der Waals surface area contributed by atoms with Crippen LogP contribution in [0, 0.1) is 0 Å². The summed E-state index contributed by atoms with van der Waals surface area (Å²) in [6.07, 6.45) is -10.3. The summed E-state index contributed by atoms with van der Waals surface area (Å²) < 4.78 is 93.8. The summed E-state index contributed by atoms with van der Waals surface area (Å²) in [6.45, 7) is 0. The summed E-state index contributed by atoms with van der Waals surface area (Å²) >= 11 is -0.490. The number of ether oxygens (including phenoxy) is 2. The van der Waals surface area contributed by atoms with Crippen LogP contribution in [0.4, 0.5) is 26.3 Å². The van der Waals surface area contributed by atoms with E-state index in [4.69, 9.17) is 9.47 Å². The molecule has 2 rings (SSSR count). The van der Waals surface area contributed by atoms with Gasteiger partial charge in [-0.3, -0.25) is 0 Å². The van der Waals surface area contributed by atoms with Crippen LogP contribution in [0.2, 0.25) is 0 Å². The van der Waals surface area contributed by atoms with Gasteiger partial charge in [-0.2, -0.15) is 26.3 Å². The predicted molar refractivity (Wildman–Crippen MR) is 90.0 cm³/mol. The summed E-state index contributed by atoms with van der Waals surface area (Å²) in [5.41, 5.74) is -0.960. The highest BCUT2D eigenvalue weighted by Crippen LogP contribution is 2.62. The van der Waals surface area contributed by atoms with E-state index in [1.54, 1.807) is 0 Å². The topological polar surface area (TPSA) is 18.5 Å². The van der Waals surface area contributed by atoms with E-state index in [2.05, 4.69) is 0 Å². The quantitative estimate of drug-likeness (QED) is 0.440. The lowest BCUT2D eigenvalue weighted by atomic mass is 10.1. The summed E-state index contributed by atoms with van der Waals surface area (Å²) in [6, 6.07) is 12.3. The first-order valence-electron chi connectivity index (χ1n) is 7.59. The van der Waals surface area contributed by atoms with Crippen LogP contribution in [-0.4, -0.2) is 26.6 Å². The molecule has 9 heteroatoms. The highest BCUT2D eigenvalue weighted by molar-refractivity contribution is 8.01. The van der Waals surface area contributed by atoms with Crippen molar-refractivity contribution in [1.82, 2.24) is 0 Å². The Balaban J connectivity index is 2.75. The molecule has 0 saturated heterocycles. The van der Waals surface area contributed by atoms with Gasteiger partial charge >= 0.3 is 12.4 Å². The highest BCUT2D eigenvalue weighted by Gasteiger charge is 2.68. The Labute approximate surface area is 156 Å². The lowest BCUT2D eigenvalue weighted by Gasteiger charge is -2.43. The Bertz CT molecular complexity index is 672. The van der Waals surface area contributed by atoms with Crippen molar-refractivity contribution < 1.29 is 35.8 Å². The minimum absolute atomic E-state index is 0.480. The number of halogens is 6. The van der Waals surface area contributed by atoms with Crippen LogP contribution in [0.25, 0.3) is 0 Å². The van der Waals surface area contributed by atoms with Crippen LogP contribution in [-0.2, 0) is 19.3 Å². The zero-order valence-electron chi connectivity index (χ0n) is 14.3. The molecule has 0 aromatic heterocycles. The van der Waals surface area contributed by atoms with Crippen LogP contribution in [0.15, 0.2) is 60.7 Å². The van der Waals surface area contributed by atoms with Gasteiger partial charge in [0.05, 0.1) is 0 Å². The van der Waals surface area contributed by atoms with E-state index in [0.717, 1.165) is 38.5 Å². The van der Waals surface area contributed by atoms with Crippen molar-refractivity contribution in [1.29, 1.82) is 0 Å². The number of rotatable bonds is 6. The Morgan fingerprint density at radius 1 is 0.593 bits per heavy atom. The van der Waals surface area contributed by atoms with Gasteiger partial charge in [-0.25, -0.2) is 0 Å². The molecule has 0 amide bonds. The minimum Gasteiger partial charge on any atom is -0.355 e. The molecule has 2 aromatic rings. The summed E-state index contributed by atoms with van der Waals surface area (Å²) in [5.74, 6) is 0. The van der Waals surface area contributed by atoms with Gasteiger partial charge in [0, 0.05) is 25.3 Å². The molecule has 2 atom stereocenters. The molecule has 27 heavy (non-hydrogen) atoms. The fourth-order valence-corrected chi connectivity index (χ4v) is 3.94. The molecular formula is C18H16F6O2S. The first-order chi connectivity index (χ1) is 12.5. The fourth-order valence-electron chi connectivity index (χ4n) is 2.63. The lowest BCUT2D eigenvalue weighted by molar-refractivity contribution is -0.251. The molecule has 0 aliphatic carbocycles. The lowest BCUT2D eigenvalue weighted by Crippen LogP contribution is -2.50. The third kappa shape index (κ3) is 3.81. The Hall–Kier alpha value is -1.71. The van der Waals surface area contributed by atoms with Crippen molar-refractivity contribution in [3.8, 4) is 0 Å². The van der Waals surface area contributed by atoms with Crippen molar-refractivity contribution in [2.45, 2.75) is 22.2 Å². The van der Waals surface area contributed by atoms with E-state index in [9.17, 15) is 26.3 Å². The average molecular weight is 410 g/mol. The van der Waals surface area contributed by atoms with Gasteiger partial charge in [-0.1, -0.05) is 72.4 Å². The Morgan fingerprint density at radius 2 is 0.889 bits per heavy atom. The zero-order chi connectivity index (χ0) is 20.3. The standard InChI is InChI=1S/C18H16F6O2S/c1-25-15(17(19,20)21,13-9-5-3-6-10-13)27-16(26-2,18(22,23)24)14-11-7-4-8-12-14/h3-12H,1-2H3. The van der Waals surface area contributed by atoms with Gasteiger partial charge in [-0.15, -0.1) is 0 Å². The zero-order valence-corrected chi connectivity index (χ0v) is 15.1. The van der Waals surface area contributed by atoms with Crippen molar-refractivity contribution in [2.24, 2.45) is 0 Å². The van der Waals surface area contributed by atoms with Gasteiger partial charge in [0.2, 0.25) is 9.87 Å². The SMILES string of the molecule is COC(SC(OC)(c1ccccc1)C(F)(F)F)(c1ccccc1)C(F)(F)F. The van der Waals surface area contributed by atoms with Gasteiger partial charge in [0.15, 0.2) is 0 Å². The number of hydrogen-bond donors (Lipinski definition) is 0. The minimum atomic E-state index is -5.17. The highest BCUT2D eigenvalue weighted by atomic mass is 32.2. The largest absolute Gasteiger partial charge is 0.431 e. The number of alkyl halides is 6. The number of methoxy groups -OCH3 is 2. The number of hydrogen-bond acceptors (Lipinski definition) is 3. The maximum atomic E-state index is 14.1. The molecule has 0 aliphatic heterocycles. The monoisotopic (exact) mass is 410 g/mol. The third-order valence-electron chi connectivity index (χ3n) is 3.92. The first kappa shape index (κ1) is 21.6. The average Bonchev–Trinajstić information content (AvgIpc) is 2.62. The molecule has 0 heterocycles. The second kappa shape index (κ2) is 7.73. The first-order valence-corrected chi connectivity index (χ1v) is 8.40. The van der Waals surface area contributed by atoms with Gasteiger partial charge in [0.1, 0.15) is 0 Å². The van der Waals surface area contributed by atoms with Gasteiger partial charge in [0.25, 0.3) is 0 Å². The van der Waals surface area contributed by atoms with E-state index in [-0.39, 0.29) is 0 Å². The second-order valence-corrected chi connectivity index (χ2v) is 6.82. The van der Waals surface area contributed by atoms with Gasteiger partial charge < -0.3 is 9.47 Å². The van der Waals surface area contributed by atoms with Crippen LogP contribution < -0.4 is 0 Å². The van der Waals surface area contributed by atoms with E-state index in [1.165, 1.54) is 36.4 Å². The summed E-state index contributed by atoms with van der Waals surface area (Å²) in [7, 11) is 1.44. The molecule has 0 N–H and O–H groups in total. The van der Waals surface area contributed by atoms with E-state index in [0.29, 0.717) is 0 Å². The Morgan fingerprint density at radius 3 is 1.11 bits per heavy atom. The molecule has 2 unspecified atom stereocenters. The van der Waals surface area contributed by atoms with Gasteiger partial charge in [-0.05, 0) is 0 Å².